The molecule has 0 atom stereocenters. The van der Waals surface area contributed by atoms with E-state index in [0.717, 1.165) is 5.92 Å². The molecule has 1 nitrogen and oxygen atoms in total. The summed E-state index contributed by atoms with van der Waals surface area (Å²) in [6.45, 7) is 2.27. The van der Waals surface area contributed by atoms with Crippen LogP contribution in [0.1, 0.15) is 45.4 Å². The third-order valence-electron chi connectivity index (χ3n) is 2.11. The Morgan fingerprint density at radius 3 is 1.80 bits per heavy atom. The van der Waals surface area contributed by atoms with Crippen LogP contribution in [0.2, 0.25) is 0 Å². The van der Waals surface area contributed by atoms with Crippen molar-refractivity contribution in [3.05, 3.63) is 12.2 Å². The van der Waals surface area contributed by atoms with Gasteiger partial charge in [-0.15, -0.1) is 17.0 Å². The van der Waals surface area contributed by atoms with E-state index in [2.05, 4.69) is 19.1 Å². The summed E-state index contributed by atoms with van der Waals surface area (Å²) in [5.41, 5.74) is 0. The molecule has 1 aliphatic carbocycles. The average Bonchev–Trinajstić information content (AvgIpc) is 2.87. The Morgan fingerprint density at radius 1 is 0.933 bits per heavy atom. The van der Waals surface area contributed by atoms with Crippen LogP contribution in [0.3, 0.4) is 0 Å². The van der Waals surface area contributed by atoms with Crippen LogP contribution in [0.5, 0.6) is 0 Å². The molecule has 1 rings (SSSR count). The lowest BCUT2D eigenvalue weighted by atomic mass is 10.1. The lowest BCUT2D eigenvalue weighted by Gasteiger charge is -1.97. The number of allylic oxidation sites excluding steroid dienone is 2. The lowest BCUT2D eigenvalue weighted by molar-refractivity contribution is 0.505. The molecule has 0 N–H and O–H groups in total. The fourth-order valence-electron chi connectivity index (χ4n) is 1.25. The largest absolute Gasteiger partial charge is 0.312 e. The molecule has 0 spiro atoms. The number of rotatable bonds is 6. The number of halogens is 1. The zero-order chi connectivity index (χ0) is 10.8. The second kappa shape index (κ2) is 12.3. The quantitative estimate of drug-likeness (QED) is 0.517. The van der Waals surface area contributed by atoms with Crippen LogP contribution in [0, 0.1) is 5.92 Å². The average molecular weight is 278 g/mol. The summed E-state index contributed by atoms with van der Waals surface area (Å²) in [5.74, 6) is 0.904. The number of unbranched alkanes of at least 4 members (excludes halogenated alkanes) is 4. The van der Waals surface area contributed by atoms with Crippen molar-refractivity contribution in [1.29, 1.82) is 0 Å². The highest BCUT2D eigenvalue weighted by Crippen LogP contribution is 2.23. The van der Waals surface area contributed by atoms with Crippen LogP contribution in [0.4, 0.5) is 0 Å². The zero-order valence-corrected chi connectivity index (χ0v) is 12.5. The Balaban J connectivity index is 0. The zero-order valence-electron chi connectivity index (χ0n) is 10.8. The summed E-state index contributed by atoms with van der Waals surface area (Å²) in [7, 11) is 6.00. The summed E-state index contributed by atoms with van der Waals surface area (Å²) in [6, 6.07) is 0. The van der Waals surface area contributed by atoms with Crippen LogP contribution in [-0.2, 0) is 0 Å². The molecule has 0 fully saturated rings. The van der Waals surface area contributed by atoms with Gasteiger partial charge in [-0.3, -0.25) is 0 Å². The van der Waals surface area contributed by atoms with E-state index in [9.17, 15) is 0 Å². The second-order valence-corrected chi connectivity index (χ2v) is 4.59. The van der Waals surface area contributed by atoms with E-state index < -0.39 is 0 Å². The van der Waals surface area contributed by atoms with Gasteiger partial charge in [-0.1, -0.05) is 51.2 Å². The fourth-order valence-corrected chi connectivity index (χ4v) is 1.25. The van der Waals surface area contributed by atoms with Gasteiger partial charge in [0.05, 0.1) is 0 Å². The van der Waals surface area contributed by atoms with Crippen LogP contribution >= 0.6 is 17.0 Å². The summed E-state index contributed by atoms with van der Waals surface area (Å²) in [4.78, 5) is 2.00. The molecule has 0 saturated heterocycles. The molecule has 0 saturated carbocycles. The molecule has 0 aromatic heterocycles. The fraction of sp³-hybridized carbons (Fsp3) is 0.846. The predicted molar refractivity (Wildman–Crippen MR) is 75.9 cm³/mol. The van der Waals surface area contributed by atoms with E-state index in [-0.39, 0.29) is 17.0 Å². The standard InChI is InChI=1S/C10H18.C3H9N.BrH/c1-2-3-4-5-6-7-10-8-9-10;1-4(2)3;/h8-10H,2-7H2,1H3;1-3H3;1H. The summed E-state index contributed by atoms with van der Waals surface area (Å²) < 4.78 is 0. The molecule has 2 heteroatoms. The van der Waals surface area contributed by atoms with Crippen molar-refractivity contribution < 1.29 is 0 Å². The Morgan fingerprint density at radius 2 is 1.40 bits per heavy atom. The highest BCUT2D eigenvalue weighted by molar-refractivity contribution is 8.93. The van der Waals surface area contributed by atoms with E-state index in [1.807, 2.05) is 26.0 Å². The van der Waals surface area contributed by atoms with Gasteiger partial charge in [-0.25, -0.2) is 0 Å². The topological polar surface area (TPSA) is 3.24 Å². The first kappa shape index (κ1) is 17.6. The summed E-state index contributed by atoms with van der Waals surface area (Å²) in [6.07, 6.45) is 13.2. The van der Waals surface area contributed by atoms with Gasteiger partial charge in [-0.2, -0.15) is 0 Å². The monoisotopic (exact) mass is 277 g/mol. The normalized spacial score (nSPS) is 13.1. The van der Waals surface area contributed by atoms with E-state index in [0.29, 0.717) is 0 Å². The summed E-state index contributed by atoms with van der Waals surface area (Å²) in [5, 5.41) is 0. The van der Waals surface area contributed by atoms with E-state index >= 15 is 0 Å². The molecule has 0 aromatic rings. The molecular formula is C13H28BrN. The SMILES string of the molecule is Br.CCCCCCCC1C=C1.CN(C)C. The van der Waals surface area contributed by atoms with Gasteiger partial charge in [0.15, 0.2) is 0 Å². The van der Waals surface area contributed by atoms with Crippen molar-refractivity contribution in [3.8, 4) is 0 Å². The lowest BCUT2D eigenvalue weighted by Crippen LogP contribution is -1.99. The highest BCUT2D eigenvalue weighted by Gasteiger charge is 2.08. The molecule has 92 valence electrons. The Kier molecular flexibility index (Phi) is 14.4. The van der Waals surface area contributed by atoms with Gasteiger partial charge in [0.25, 0.3) is 0 Å². The first-order valence-corrected chi connectivity index (χ1v) is 5.96. The van der Waals surface area contributed by atoms with Gasteiger partial charge in [0, 0.05) is 0 Å². The minimum absolute atomic E-state index is 0. The third-order valence-corrected chi connectivity index (χ3v) is 2.11. The van der Waals surface area contributed by atoms with Crippen molar-refractivity contribution in [2.75, 3.05) is 21.1 Å². The first-order valence-electron chi connectivity index (χ1n) is 5.96. The van der Waals surface area contributed by atoms with Crippen LogP contribution in [-0.4, -0.2) is 26.0 Å². The Labute approximate surface area is 107 Å². The predicted octanol–water partition coefficient (Wildman–Crippen LogP) is 4.29. The van der Waals surface area contributed by atoms with Gasteiger partial charge in [-0.05, 0) is 33.5 Å². The first-order chi connectivity index (χ1) is 6.66. The van der Waals surface area contributed by atoms with Crippen molar-refractivity contribution in [2.24, 2.45) is 5.92 Å². The van der Waals surface area contributed by atoms with Crippen LogP contribution in [0.15, 0.2) is 12.2 Å². The second-order valence-electron chi connectivity index (χ2n) is 4.59. The van der Waals surface area contributed by atoms with Gasteiger partial charge in [0.1, 0.15) is 0 Å². The maximum absolute atomic E-state index is 2.31. The smallest absolute Gasteiger partial charge is 0.00531 e. The van der Waals surface area contributed by atoms with Crippen LogP contribution < -0.4 is 0 Å². The van der Waals surface area contributed by atoms with Crippen LogP contribution in [0.25, 0.3) is 0 Å². The number of hydrogen-bond acceptors (Lipinski definition) is 1. The van der Waals surface area contributed by atoms with Gasteiger partial charge >= 0.3 is 0 Å². The third kappa shape index (κ3) is 20.3. The van der Waals surface area contributed by atoms with E-state index in [1.54, 1.807) is 0 Å². The number of nitrogens with zero attached hydrogens (tertiary/aromatic N) is 1. The molecular weight excluding hydrogens is 250 g/mol. The maximum Gasteiger partial charge on any atom is -0.00531 e. The highest BCUT2D eigenvalue weighted by atomic mass is 79.9. The molecule has 1 aliphatic rings. The van der Waals surface area contributed by atoms with Crippen molar-refractivity contribution in [3.63, 3.8) is 0 Å². The number of hydrogen-bond donors (Lipinski definition) is 0. The molecule has 0 heterocycles. The Hall–Kier alpha value is 0.180. The molecule has 0 aromatic carbocycles. The molecule has 0 unspecified atom stereocenters. The molecule has 15 heavy (non-hydrogen) atoms. The molecule has 0 amide bonds. The van der Waals surface area contributed by atoms with Gasteiger partial charge in [0.2, 0.25) is 0 Å². The van der Waals surface area contributed by atoms with E-state index in [1.165, 1.54) is 38.5 Å². The minimum Gasteiger partial charge on any atom is -0.312 e. The van der Waals surface area contributed by atoms with Gasteiger partial charge < -0.3 is 4.90 Å². The van der Waals surface area contributed by atoms with Crippen molar-refractivity contribution >= 4 is 17.0 Å². The van der Waals surface area contributed by atoms with Crippen molar-refractivity contribution in [2.45, 2.75) is 45.4 Å². The molecule has 0 bridgehead atoms. The molecule has 0 radical (unpaired) electrons. The minimum atomic E-state index is 0. The molecule has 0 aliphatic heterocycles. The Bertz CT molecular complexity index is 135. The summed E-state index contributed by atoms with van der Waals surface area (Å²) >= 11 is 0. The van der Waals surface area contributed by atoms with Crippen molar-refractivity contribution in [1.82, 2.24) is 4.90 Å². The maximum atomic E-state index is 2.31. The van der Waals surface area contributed by atoms with E-state index in [4.69, 9.17) is 0 Å².